The smallest absolute Gasteiger partial charge is 0.224 e. The first-order chi connectivity index (χ1) is 8.16. The Morgan fingerprint density at radius 3 is 2.65 bits per heavy atom. The van der Waals surface area contributed by atoms with Gasteiger partial charge in [-0.2, -0.15) is 0 Å². The van der Waals surface area contributed by atoms with Crippen molar-refractivity contribution >= 4 is 5.91 Å². The lowest BCUT2D eigenvalue weighted by molar-refractivity contribution is -0.122. The molecular formula is C13H25N3O. The van der Waals surface area contributed by atoms with Crippen molar-refractivity contribution in [2.24, 2.45) is 17.6 Å². The Labute approximate surface area is 104 Å². The van der Waals surface area contributed by atoms with Gasteiger partial charge in [-0.15, -0.1) is 0 Å². The molecule has 1 amide bonds. The van der Waals surface area contributed by atoms with Crippen LogP contribution in [0.3, 0.4) is 0 Å². The molecule has 1 saturated heterocycles. The van der Waals surface area contributed by atoms with E-state index in [4.69, 9.17) is 5.73 Å². The predicted molar refractivity (Wildman–Crippen MR) is 68.5 cm³/mol. The monoisotopic (exact) mass is 239 g/mol. The second kappa shape index (κ2) is 5.83. The highest BCUT2D eigenvalue weighted by Crippen LogP contribution is 2.27. The fraction of sp³-hybridized carbons (Fsp3) is 0.923. The second-order valence-electron chi connectivity index (χ2n) is 5.67. The Morgan fingerprint density at radius 2 is 2.06 bits per heavy atom. The van der Waals surface area contributed by atoms with Crippen molar-refractivity contribution in [1.29, 1.82) is 0 Å². The van der Waals surface area contributed by atoms with Gasteiger partial charge in [0, 0.05) is 12.6 Å². The maximum absolute atomic E-state index is 11.5. The SMILES string of the molecule is CC1CCN(CCCNC(=O)C2CC2N)CC1. The lowest BCUT2D eigenvalue weighted by atomic mass is 9.99. The molecule has 2 atom stereocenters. The fourth-order valence-corrected chi connectivity index (χ4v) is 2.45. The molecule has 0 aromatic heterocycles. The van der Waals surface area contributed by atoms with Crippen LogP contribution < -0.4 is 11.1 Å². The lowest BCUT2D eigenvalue weighted by Crippen LogP contribution is -2.36. The summed E-state index contributed by atoms with van der Waals surface area (Å²) in [4.78, 5) is 14.0. The van der Waals surface area contributed by atoms with Crippen LogP contribution in [0.4, 0.5) is 0 Å². The zero-order chi connectivity index (χ0) is 12.3. The molecule has 0 spiro atoms. The Kier molecular flexibility index (Phi) is 4.40. The molecule has 1 saturated carbocycles. The quantitative estimate of drug-likeness (QED) is 0.690. The van der Waals surface area contributed by atoms with Crippen molar-refractivity contribution in [2.75, 3.05) is 26.2 Å². The molecule has 2 rings (SSSR count). The molecule has 98 valence electrons. The summed E-state index contributed by atoms with van der Waals surface area (Å²) in [6.07, 6.45) is 4.57. The van der Waals surface area contributed by atoms with E-state index in [1.54, 1.807) is 0 Å². The van der Waals surface area contributed by atoms with Crippen LogP contribution in [0.15, 0.2) is 0 Å². The van der Waals surface area contributed by atoms with Crippen LogP contribution in [-0.2, 0) is 4.79 Å². The number of hydrogen-bond acceptors (Lipinski definition) is 3. The van der Waals surface area contributed by atoms with E-state index in [2.05, 4.69) is 17.1 Å². The second-order valence-corrected chi connectivity index (χ2v) is 5.67. The number of nitrogens with one attached hydrogen (secondary N) is 1. The average Bonchev–Trinajstić information content (AvgIpc) is 3.04. The van der Waals surface area contributed by atoms with Crippen LogP contribution in [0.1, 0.15) is 32.6 Å². The summed E-state index contributed by atoms with van der Waals surface area (Å²) in [7, 11) is 0. The van der Waals surface area contributed by atoms with E-state index in [-0.39, 0.29) is 17.9 Å². The van der Waals surface area contributed by atoms with Crippen LogP contribution in [-0.4, -0.2) is 43.0 Å². The Hall–Kier alpha value is -0.610. The number of nitrogens with two attached hydrogens (primary N) is 1. The van der Waals surface area contributed by atoms with Crippen LogP contribution in [0.25, 0.3) is 0 Å². The third-order valence-electron chi connectivity index (χ3n) is 4.00. The third-order valence-corrected chi connectivity index (χ3v) is 4.00. The Bertz CT molecular complexity index is 261. The van der Waals surface area contributed by atoms with Gasteiger partial charge in [0.15, 0.2) is 0 Å². The molecule has 2 unspecified atom stereocenters. The van der Waals surface area contributed by atoms with Crippen molar-refractivity contribution in [1.82, 2.24) is 10.2 Å². The van der Waals surface area contributed by atoms with Gasteiger partial charge in [0.2, 0.25) is 5.91 Å². The van der Waals surface area contributed by atoms with E-state index in [0.29, 0.717) is 0 Å². The maximum Gasteiger partial charge on any atom is 0.224 e. The number of piperidine rings is 1. The number of likely N-dealkylation sites (tertiary alicyclic amines) is 1. The maximum atomic E-state index is 11.5. The largest absolute Gasteiger partial charge is 0.356 e. The van der Waals surface area contributed by atoms with Crippen molar-refractivity contribution in [3.63, 3.8) is 0 Å². The van der Waals surface area contributed by atoms with E-state index in [0.717, 1.165) is 31.8 Å². The first-order valence-electron chi connectivity index (χ1n) is 6.92. The predicted octanol–water partition coefficient (Wildman–Crippen LogP) is 0.572. The van der Waals surface area contributed by atoms with Crippen molar-refractivity contribution in [3.8, 4) is 0 Å². The summed E-state index contributed by atoms with van der Waals surface area (Å²) in [5, 5.41) is 2.98. The summed E-state index contributed by atoms with van der Waals surface area (Å²) in [6.45, 7) is 6.69. The van der Waals surface area contributed by atoms with E-state index in [1.807, 2.05) is 0 Å². The van der Waals surface area contributed by atoms with Crippen molar-refractivity contribution < 1.29 is 4.79 Å². The number of carbonyl (C=O) groups excluding carboxylic acids is 1. The highest BCUT2D eigenvalue weighted by molar-refractivity contribution is 5.82. The topological polar surface area (TPSA) is 58.4 Å². The summed E-state index contributed by atoms with van der Waals surface area (Å²) in [5.74, 6) is 1.15. The van der Waals surface area contributed by atoms with Gasteiger partial charge in [0.1, 0.15) is 0 Å². The van der Waals surface area contributed by atoms with Gasteiger partial charge in [-0.05, 0) is 51.2 Å². The first kappa shape index (κ1) is 12.8. The number of carbonyl (C=O) groups is 1. The van der Waals surface area contributed by atoms with Crippen molar-refractivity contribution in [2.45, 2.75) is 38.6 Å². The van der Waals surface area contributed by atoms with Gasteiger partial charge in [-0.1, -0.05) is 6.92 Å². The Balaban J connectivity index is 1.50. The first-order valence-corrected chi connectivity index (χ1v) is 6.92. The Morgan fingerprint density at radius 1 is 1.41 bits per heavy atom. The molecule has 4 heteroatoms. The number of amides is 1. The van der Waals surface area contributed by atoms with E-state index in [1.165, 1.54) is 25.9 Å². The number of rotatable bonds is 5. The standard InChI is InChI=1S/C13H25N3O/c1-10-3-7-16(8-4-10)6-2-5-15-13(17)11-9-12(11)14/h10-12H,2-9,14H2,1H3,(H,15,17). The molecule has 4 nitrogen and oxygen atoms in total. The van der Waals surface area contributed by atoms with Gasteiger partial charge in [-0.3, -0.25) is 4.79 Å². The van der Waals surface area contributed by atoms with Gasteiger partial charge in [0.05, 0.1) is 5.92 Å². The molecule has 2 fully saturated rings. The minimum absolute atomic E-state index is 0.103. The molecule has 0 radical (unpaired) electrons. The summed E-state index contributed by atoms with van der Waals surface area (Å²) in [6, 6.07) is 0.124. The van der Waals surface area contributed by atoms with E-state index in [9.17, 15) is 4.79 Å². The third kappa shape index (κ3) is 3.96. The van der Waals surface area contributed by atoms with E-state index < -0.39 is 0 Å². The van der Waals surface area contributed by atoms with Gasteiger partial charge < -0.3 is 16.0 Å². The normalized spacial score (nSPS) is 30.2. The molecule has 0 aromatic rings. The summed E-state index contributed by atoms with van der Waals surface area (Å²) >= 11 is 0. The van der Waals surface area contributed by atoms with Gasteiger partial charge in [-0.25, -0.2) is 0 Å². The highest BCUT2D eigenvalue weighted by atomic mass is 16.2. The minimum Gasteiger partial charge on any atom is -0.356 e. The fourth-order valence-electron chi connectivity index (χ4n) is 2.45. The number of hydrogen-bond donors (Lipinski definition) is 2. The van der Waals surface area contributed by atoms with Crippen LogP contribution >= 0.6 is 0 Å². The van der Waals surface area contributed by atoms with Crippen LogP contribution in [0.2, 0.25) is 0 Å². The number of nitrogens with zero attached hydrogens (tertiary/aromatic N) is 1. The van der Waals surface area contributed by atoms with Gasteiger partial charge in [0.25, 0.3) is 0 Å². The van der Waals surface area contributed by atoms with E-state index >= 15 is 0 Å². The molecule has 1 heterocycles. The van der Waals surface area contributed by atoms with Gasteiger partial charge >= 0.3 is 0 Å². The lowest BCUT2D eigenvalue weighted by Gasteiger charge is -2.30. The molecule has 2 aliphatic rings. The molecule has 17 heavy (non-hydrogen) atoms. The van der Waals surface area contributed by atoms with Crippen molar-refractivity contribution in [3.05, 3.63) is 0 Å². The summed E-state index contributed by atoms with van der Waals surface area (Å²) < 4.78 is 0. The molecule has 0 bridgehead atoms. The van der Waals surface area contributed by atoms with Crippen LogP contribution in [0, 0.1) is 11.8 Å². The average molecular weight is 239 g/mol. The molecular weight excluding hydrogens is 214 g/mol. The minimum atomic E-state index is 0.103. The zero-order valence-electron chi connectivity index (χ0n) is 10.8. The highest BCUT2D eigenvalue weighted by Gasteiger charge is 2.39. The molecule has 1 aliphatic heterocycles. The molecule has 1 aliphatic carbocycles. The summed E-state index contributed by atoms with van der Waals surface area (Å²) in [5.41, 5.74) is 5.63. The molecule has 3 N–H and O–H groups in total. The zero-order valence-corrected chi connectivity index (χ0v) is 10.8. The molecule has 0 aromatic carbocycles. The van der Waals surface area contributed by atoms with Crippen LogP contribution in [0.5, 0.6) is 0 Å².